The van der Waals surface area contributed by atoms with Gasteiger partial charge in [-0.15, -0.1) is 0 Å². The second kappa shape index (κ2) is 7.27. The van der Waals surface area contributed by atoms with E-state index >= 15 is 0 Å². The number of aliphatic hydroxyl groups is 1. The van der Waals surface area contributed by atoms with Crippen LogP contribution in [-0.4, -0.2) is 94.5 Å². The van der Waals surface area contributed by atoms with E-state index in [0.29, 0.717) is 37.2 Å². The largest absolute Gasteiger partial charge is 0.870 e. The Labute approximate surface area is 105 Å². The van der Waals surface area contributed by atoms with Crippen LogP contribution in [0, 0.1) is 0 Å². The van der Waals surface area contributed by atoms with Gasteiger partial charge < -0.3 is 25.3 Å². The van der Waals surface area contributed by atoms with Gasteiger partial charge in [-0.1, -0.05) is 0 Å². The highest BCUT2D eigenvalue weighted by molar-refractivity contribution is 5.69. The molecule has 0 aromatic carbocycles. The average molecular weight is 264 g/mol. The molecule has 1 fully saturated rings. The molecule has 0 spiro atoms. The average Bonchev–Trinajstić information content (AvgIpc) is 2.20. The lowest BCUT2D eigenvalue weighted by Crippen LogP contribution is -2.62. The van der Waals surface area contributed by atoms with Crippen LogP contribution in [0.5, 0.6) is 0 Å². The normalized spacial score (nSPS) is 18.9. The molecule has 106 valence electrons. The minimum atomic E-state index is -0.884. The number of hydrogen-bond acceptors (Lipinski definition) is 5. The molecule has 0 aromatic heterocycles. The molecule has 1 saturated heterocycles. The molecule has 1 aliphatic rings. The fourth-order valence-corrected chi connectivity index (χ4v) is 2.24. The van der Waals surface area contributed by atoms with Gasteiger partial charge in [-0.3, -0.25) is 9.69 Å². The summed E-state index contributed by atoms with van der Waals surface area (Å²) in [6.45, 7) is 2.59. The number of hydrogen-bond donors (Lipinski definition) is 3. The lowest BCUT2D eigenvalue weighted by Gasteiger charge is -2.43. The second-order valence-corrected chi connectivity index (χ2v) is 4.46. The number of rotatable bonds is 6. The first kappa shape index (κ1) is 16.8. The van der Waals surface area contributed by atoms with Crippen molar-refractivity contribution in [2.24, 2.45) is 0 Å². The van der Waals surface area contributed by atoms with Crippen molar-refractivity contribution >= 4 is 11.9 Å². The van der Waals surface area contributed by atoms with Gasteiger partial charge in [0.1, 0.15) is 6.54 Å². The van der Waals surface area contributed by atoms with Gasteiger partial charge in [-0.25, -0.2) is 4.79 Å². The van der Waals surface area contributed by atoms with Crippen molar-refractivity contribution in [3.05, 3.63) is 0 Å². The molecular weight excluding hydrogens is 244 g/mol. The maximum absolute atomic E-state index is 10.8. The Balaban J connectivity index is 0.00000289. The zero-order chi connectivity index (χ0) is 12.9. The van der Waals surface area contributed by atoms with Crippen LogP contribution in [0.25, 0.3) is 0 Å². The molecule has 18 heavy (non-hydrogen) atoms. The third kappa shape index (κ3) is 4.96. The van der Waals surface area contributed by atoms with Gasteiger partial charge in [0.05, 0.1) is 26.2 Å². The zero-order valence-electron chi connectivity index (χ0n) is 10.2. The van der Waals surface area contributed by atoms with E-state index in [4.69, 9.17) is 15.3 Å². The van der Waals surface area contributed by atoms with Gasteiger partial charge in [-0.05, 0) is 0 Å². The lowest BCUT2D eigenvalue weighted by atomic mass is 10.2. The third-order valence-electron chi connectivity index (χ3n) is 3.19. The van der Waals surface area contributed by atoms with E-state index in [1.54, 1.807) is 4.90 Å². The van der Waals surface area contributed by atoms with Crippen LogP contribution < -0.4 is 0 Å². The molecule has 4 N–H and O–H groups in total. The Morgan fingerprint density at radius 3 is 2.06 bits per heavy atom. The Hall–Kier alpha value is -1.22. The second-order valence-electron chi connectivity index (χ2n) is 4.46. The molecule has 1 rings (SSSR count). The summed E-state index contributed by atoms with van der Waals surface area (Å²) in [5.41, 5.74) is 0. The standard InChI is InChI=1S/C10H18N2O5.H2O/c13-6-5-12(8-10(16)17)3-1-11(2-4-12)7-9(14)15;/h13H,1-8H2,(H-,14,15,16,17);1H2. The van der Waals surface area contributed by atoms with E-state index in [2.05, 4.69) is 0 Å². The van der Waals surface area contributed by atoms with E-state index in [1.165, 1.54) is 0 Å². The summed E-state index contributed by atoms with van der Waals surface area (Å²) >= 11 is 0. The number of aliphatic carboxylic acids is 2. The van der Waals surface area contributed by atoms with Crippen LogP contribution in [0.2, 0.25) is 0 Å². The van der Waals surface area contributed by atoms with E-state index in [-0.39, 0.29) is 25.2 Å². The number of carbonyl (C=O) groups is 2. The van der Waals surface area contributed by atoms with Gasteiger partial charge in [0, 0.05) is 13.1 Å². The number of carboxylic acids is 2. The fraction of sp³-hybridized carbons (Fsp3) is 0.800. The van der Waals surface area contributed by atoms with Crippen LogP contribution in [0.4, 0.5) is 0 Å². The minimum absolute atomic E-state index is 0. The minimum Gasteiger partial charge on any atom is -0.870 e. The molecule has 1 heterocycles. The quantitative estimate of drug-likeness (QED) is 0.478. The van der Waals surface area contributed by atoms with Crippen LogP contribution in [-0.2, 0) is 9.59 Å². The van der Waals surface area contributed by atoms with Crippen LogP contribution in [0.1, 0.15) is 0 Å². The molecule has 0 atom stereocenters. The van der Waals surface area contributed by atoms with E-state index in [0.717, 1.165) is 0 Å². The molecule has 0 aliphatic carbocycles. The van der Waals surface area contributed by atoms with Crippen molar-refractivity contribution < 1.29 is 34.9 Å². The molecule has 0 aromatic rings. The van der Waals surface area contributed by atoms with Gasteiger partial charge >= 0.3 is 11.9 Å². The van der Waals surface area contributed by atoms with Gasteiger partial charge in [0.15, 0.2) is 6.54 Å². The summed E-state index contributed by atoms with van der Waals surface area (Å²) in [5.74, 6) is -1.75. The summed E-state index contributed by atoms with van der Waals surface area (Å²) in [7, 11) is 0. The summed E-state index contributed by atoms with van der Waals surface area (Å²) in [5, 5.41) is 26.5. The highest BCUT2D eigenvalue weighted by Crippen LogP contribution is 2.12. The van der Waals surface area contributed by atoms with Crippen molar-refractivity contribution in [2.75, 3.05) is 52.4 Å². The summed E-state index contributed by atoms with van der Waals surface area (Å²) < 4.78 is 0.335. The Kier molecular flexibility index (Phi) is 6.77. The van der Waals surface area contributed by atoms with Gasteiger partial charge in [-0.2, -0.15) is 0 Å². The molecule has 0 unspecified atom stereocenters. The first-order valence-corrected chi connectivity index (χ1v) is 5.59. The monoisotopic (exact) mass is 264 g/mol. The molecular formula is C10H20N2O6. The molecule has 0 amide bonds. The Morgan fingerprint density at radius 1 is 1.11 bits per heavy atom. The number of quaternary nitrogens is 1. The molecule has 8 nitrogen and oxygen atoms in total. The summed E-state index contributed by atoms with van der Waals surface area (Å²) in [6, 6.07) is 0. The van der Waals surface area contributed by atoms with Gasteiger partial charge in [0.2, 0.25) is 0 Å². The van der Waals surface area contributed by atoms with Crippen molar-refractivity contribution in [1.29, 1.82) is 0 Å². The summed E-state index contributed by atoms with van der Waals surface area (Å²) in [4.78, 5) is 23.1. The van der Waals surface area contributed by atoms with Crippen molar-refractivity contribution in [2.45, 2.75) is 0 Å². The molecule has 1 aliphatic heterocycles. The number of nitrogens with zero attached hydrogens (tertiary/aromatic N) is 2. The number of aliphatic hydroxyl groups excluding tert-OH is 1. The van der Waals surface area contributed by atoms with Crippen molar-refractivity contribution in [3.63, 3.8) is 0 Å². The molecule has 8 heteroatoms. The fourth-order valence-electron chi connectivity index (χ4n) is 2.24. The third-order valence-corrected chi connectivity index (χ3v) is 3.19. The molecule has 0 radical (unpaired) electrons. The van der Waals surface area contributed by atoms with E-state index < -0.39 is 11.9 Å². The molecule has 0 saturated carbocycles. The zero-order valence-corrected chi connectivity index (χ0v) is 10.2. The summed E-state index contributed by atoms with van der Waals surface area (Å²) in [6.07, 6.45) is 0. The smallest absolute Gasteiger partial charge is 0.359 e. The highest BCUT2D eigenvalue weighted by Gasteiger charge is 2.34. The van der Waals surface area contributed by atoms with Crippen LogP contribution in [0.15, 0.2) is 0 Å². The SMILES string of the molecule is O=C(O)CN1CC[N+](CCO)(CC(=O)O)CC1.[OH-]. The van der Waals surface area contributed by atoms with Crippen molar-refractivity contribution in [3.8, 4) is 0 Å². The number of carboxylic acid groups (broad SMARTS) is 2. The van der Waals surface area contributed by atoms with E-state index in [1.807, 2.05) is 0 Å². The maximum Gasteiger partial charge on any atom is 0.359 e. The first-order valence-electron chi connectivity index (χ1n) is 5.59. The van der Waals surface area contributed by atoms with E-state index in [9.17, 15) is 9.59 Å². The predicted molar refractivity (Wildman–Crippen MR) is 60.5 cm³/mol. The number of piperazine rings is 1. The predicted octanol–water partition coefficient (Wildman–Crippen LogP) is -1.90. The van der Waals surface area contributed by atoms with Crippen LogP contribution in [0.3, 0.4) is 0 Å². The topological polar surface area (TPSA) is 128 Å². The maximum atomic E-state index is 10.8. The Morgan fingerprint density at radius 2 is 1.67 bits per heavy atom. The lowest BCUT2D eigenvalue weighted by molar-refractivity contribution is -0.925. The highest BCUT2D eigenvalue weighted by atomic mass is 16.4. The Bertz CT molecular complexity index is 288. The molecule has 0 bridgehead atoms. The van der Waals surface area contributed by atoms with Crippen molar-refractivity contribution in [1.82, 2.24) is 4.90 Å². The van der Waals surface area contributed by atoms with Gasteiger partial charge in [0.25, 0.3) is 0 Å². The van der Waals surface area contributed by atoms with Crippen LogP contribution >= 0.6 is 0 Å². The first-order chi connectivity index (χ1) is 7.97.